The van der Waals surface area contributed by atoms with Crippen LogP contribution in [0.1, 0.15) is 6.92 Å². The zero-order valence-corrected chi connectivity index (χ0v) is 3.52. The lowest BCUT2D eigenvalue weighted by molar-refractivity contribution is 0.250. The van der Waals surface area contributed by atoms with Crippen LogP contribution in [0, 0.1) is 6.26 Å². The maximum atomic E-state index is 9.20. The Hall–Kier alpha value is -0.750. The van der Waals surface area contributed by atoms with Crippen molar-refractivity contribution in [3.05, 3.63) is 6.26 Å². The third-order valence-electron chi connectivity index (χ3n) is 0.258. The molecule has 0 spiro atoms. The van der Waals surface area contributed by atoms with Crippen molar-refractivity contribution in [2.24, 2.45) is 0 Å². The average Bonchev–Trinajstić information content (AvgIpc) is 1.61. The summed E-state index contributed by atoms with van der Waals surface area (Å²) in [5.74, 6) is 1.35. The zero-order chi connectivity index (χ0) is 4.83. The van der Waals surface area contributed by atoms with Crippen LogP contribution in [0.5, 0.6) is 0 Å². The lowest BCUT2D eigenvalue weighted by Crippen LogP contribution is -1.75. The van der Waals surface area contributed by atoms with Gasteiger partial charge in [-0.1, -0.05) is 0 Å². The van der Waals surface area contributed by atoms with Crippen LogP contribution in [0.15, 0.2) is 0 Å². The fraction of sp³-hybridized carbons (Fsp3) is 0.500. The molecule has 0 aliphatic rings. The molecule has 6 heavy (non-hydrogen) atoms. The fourth-order valence-corrected chi connectivity index (χ4v) is 0.102. The Labute approximate surface area is 36.4 Å². The van der Waals surface area contributed by atoms with E-state index in [1.807, 2.05) is 6.26 Å². The first kappa shape index (κ1) is 5.25. The summed E-state index contributed by atoms with van der Waals surface area (Å²) < 4.78 is 4.31. The minimum absolute atomic E-state index is 0.481. The summed E-state index contributed by atoms with van der Waals surface area (Å²) in [6.45, 7) is 2.25. The van der Waals surface area contributed by atoms with Crippen LogP contribution in [0.3, 0.4) is 0 Å². The van der Waals surface area contributed by atoms with Gasteiger partial charge in [0.25, 0.3) is 6.26 Å². The Morgan fingerprint density at radius 1 is 1.83 bits per heavy atom. The van der Waals surface area contributed by atoms with E-state index in [9.17, 15) is 4.79 Å². The van der Waals surface area contributed by atoms with E-state index in [0.29, 0.717) is 6.61 Å². The van der Waals surface area contributed by atoms with Gasteiger partial charge in [0, 0.05) is 0 Å². The smallest absolute Gasteiger partial charge is 0.258 e. The van der Waals surface area contributed by atoms with E-state index in [4.69, 9.17) is 0 Å². The lowest BCUT2D eigenvalue weighted by atomic mass is 10.9. The number of rotatable bonds is 2. The van der Waals surface area contributed by atoms with Crippen molar-refractivity contribution in [1.82, 2.24) is 0 Å². The van der Waals surface area contributed by atoms with Crippen LogP contribution in [-0.4, -0.2) is 12.5 Å². The van der Waals surface area contributed by atoms with Crippen molar-refractivity contribution in [2.75, 3.05) is 6.61 Å². The minimum atomic E-state index is 0.481. The summed E-state index contributed by atoms with van der Waals surface area (Å²) in [6, 6.07) is 0. The van der Waals surface area contributed by atoms with Crippen LogP contribution in [0.4, 0.5) is 0 Å². The van der Waals surface area contributed by atoms with Gasteiger partial charge in [0.05, 0.1) is 6.61 Å². The summed E-state index contributed by atoms with van der Waals surface area (Å²) in [4.78, 5) is 9.20. The number of carbonyl (C=O) groups excluding carboxylic acids is 1. The molecule has 0 aromatic carbocycles. The molecule has 0 saturated heterocycles. The van der Waals surface area contributed by atoms with Gasteiger partial charge in [-0.25, -0.2) is 4.79 Å². The van der Waals surface area contributed by atoms with Crippen molar-refractivity contribution >= 4 is 5.94 Å². The van der Waals surface area contributed by atoms with Crippen molar-refractivity contribution in [3.8, 4) is 0 Å². The summed E-state index contributed by atoms with van der Waals surface area (Å²) >= 11 is 0. The molecular weight excluding hydrogens is 80.0 g/mol. The lowest BCUT2D eigenvalue weighted by Gasteiger charge is -1.80. The van der Waals surface area contributed by atoms with Gasteiger partial charge in [0.15, 0.2) is 5.94 Å². The van der Waals surface area contributed by atoms with Crippen LogP contribution in [-0.2, 0) is 9.53 Å². The molecule has 2 nitrogen and oxygen atoms in total. The van der Waals surface area contributed by atoms with E-state index < -0.39 is 0 Å². The standard InChI is InChI=1S/C4H5O2/c1-2-6-4-3-5/h2H2,1H3. The van der Waals surface area contributed by atoms with E-state index in [1.54, 1.807) is 6.92 Å². The first-order chi connectivity index (χ1) is 2.91. The minimum Gasteiger partial charge on any atom is -0.480 e. The molecule has 0 aliphatic heterocycles. The van der Waals surface area contributed by atoms with Gasteiger partial charge < -0.3 is 4.74 Å². The van der Waals surface area contributed by atoms with E-state index in [-0.39, 0.29) is 0 Å². The molecule has 0 aliphatic carbocycles. The molecular formula is C4H5O2. The topological polar surface area (TPSA) is 26.3 Å². The van der Waals surface area contributed by atoms with Gasteiger partial charge in [-0.05, 0) is 6.92 Å². The highest BCUT2D eigenvalue weighted by atomic mass is 16.5. The molecule has 0 aromatic rings. The van der Waals surface area contributed by atoms with Crippen molar-refractivity contribution in [3.63, 3.8) is 0 Å². The van der Waals surface area contributed by atoms with E-state index in [0.717, 1.165) is 0 Å². The number of ether oxygens (including phenoxy) is 1. The largest absolute Gasteiger partial charge is 0.480 e. The Morgan fingerprint density at radius 3 is 2.67 bits per heavy atom. The van der Waals surface area contributed by atoms with Gasteiger partial charge in [0.1, 0.15) is 0 Å². The predicted molar refractivity (Wildman–Crippen MR) is 20.6 cm³/mol. The maximum Gasteiger partial charge on any atom is 0.258 e. The van der Waals surface area contributed by atoms with Crippen molar-refractivity contribution in [2.45, 2.75) is 6.92 Å². The van der Waals surface area contributed by atoms with Crippen LogP contribution >= 0.6 is 0 Å². The van der Waals surface area contributed by atoms with Crippen LogP contribution < -0.4 is 0 Å². The molecule has 0 fully saturated rings. The summed E-state index contributed by atoms with van der Waals surface area (Å²) in [6.07, 6.45) is 1.89. The summed E-state index contributed by atoms with van der Waals surface area (Å²) in [5, 5.41) is 0. The van der Waals surface area contributed by atoms with Gasteiger partial charge >= 0.3 is 0 Å². The second-order valence-corrected chi connectivity index (χ2v) is 0.637. The molecule has 0 rings (SSSR count). The third kappa shape index (κ3) is 3.25. The molecule has 0 atom stereocenters. The molecule has 0 bridgehead atoms. The van der Waals surface area contributed by atoms with Gasteiger partial charge in [-0.2, -0.15) is 0 Å². The van der Waals surface area contributed by atoms with Gasteiger partial charge in [0.2, 0.25) is 0 Å². The quantitative estimate of drug-likeness (QED) is 0.353. The Kier molecular flexibility index (Phi) is 3.72. The summed E-state index contributed by atoms with van der Waals surface area (Å²) in [5.41, 5.74) is 0. The van der Waals surface area contributed by atoms with E-state index in [2.05, 4.69) is 4.74 Å². The molecule has 1 radical (unpaired) electrons. The van der Waals surface area contributed by atoms with Crippen molar-refractivity contribution < 1.29 is 9.53 Å². The molecule has 0 saturated carbocycles. The molecule has 2 heteroatoms. The monoisotopic (exact) mass is 85.0 g/mol. The number of hydrogen-bond donors (Lipinski definition) is 0. The van der Waals surface area contributed by atoms with Crippen LogP contribution in [0.2, 0.25) is 0 Å². The SMILES string of the molecule is CCO[C]=C=O. The predicted octanol–water partition coefficient (Wildman–Crippen LogP) is 0.171. The van der Waals surface area contributed by atoms with Gasteiger partial charge in [-0.3, -0.25) is 0 Å². The first-order valence-electron chi connectivity index (χ1n) is 1.65. The summed E-state index contributed by atoms with van der Waals surface area (Å²) in [7, 11) is 0. The van der Waals surface area contributed by atoms with E-state index >= 15 is 0 Å². The van der Waals surface area contributed by atoms with E-state index in [1.165, 1.54) is 5.94 Å². The molecule has 0 aromatic heterocycles. The molecule has 0 N–H and O–H groups in total. The van der Waals surface area contributed by atoms with Crippen LogP contribution in [0.25, 0.3) is 0 Å². The van der Waals surface area contributed by atoms with Crippen molar-refractivity contribution in [1.29, 1.82) is 0 Å². The second kappa shape index (κ2) is 4.25. The molecule has 33 valence electrons. The molecule has 0 heterocycles. The second-order valence-electron chi connectivity index (χ2n) is 0.637. The number of hydrogen-bond acceptors (Lipinski definition) is 2. The maximum absolute atomic E-state index is 9.20. The van der Waals surface area contributed by atoms with Gasteiger partial charge in [-0.15, -0.1) is 0 Å². The highest BCUT2D eigenvalue weighted by Gasteiger charge is 1.63. The fourth-order valence-electron chi connectivity index (χ4n) is 0.102. The molecule has 0 unspecified atom stereocenters. The first-order valence-corrected chi connectivity index (χ1v) is 1.65. The normalized spacial score (nSPS) is 6.17. The Bertz CT molecular complexity index is 61.9. The average molecular weight is 85.1 g/mol. The third-order valence-corrected chi connectivity index (χ3v) is 0.258. The highest BCUT2D eigenvalue weighted by molar-refractivity contribution is 5.38. The molecule has 0 amide bonds. The zero-order valence-electron chi connectivity index (χ0n) is 3.52. The Morgan fingerprint density at radius 2 is 2.50 bits per heavy atom. The highest BCUT2D eigenvalue weighted by Crippen LogP contribution is 1.62. The Balaban J connectivity index is 2.86.